The Morgan fingerprint density at radius 1 is 1.23 bits per heavy atom. The van der Waals surface area contributed by atoms with E-state index in [2.05, 4.69) is 27.0 Å². The molecule has 1 heterocycles. The quantitative estimate of drug-likeness (QED) is 0.749. The van der Waals surface area contributed by atoms with Crippen LogP contribution in [0.1, 0.15) is 5.56 Å². The maximum absolute atomic E-state index is 6.50. The predicted molar refractivity (Wildman–Crippen MR) is 108 cm³/mol. The number of nitrogens with zero attached hydrogens (tertiary/aromatic N) is 3. The average molecular weight is 396 g/mol. The maximum atomic E-state index is 6.50. The standard InChI is InChI=1S/C17H19Cl2N5O2/c1-21-7-9-5-10(24-17(22-2)16(9)23-8-20)13-14(18)11(25-3)6-12(26-4)15(13)19/h5-7H,1,8,20H2,2-4H3,(H,22,24)/b9-7-,23-16?. The van der Waals surface area contributed by atoms with Crippen LogP contribution in [-0.2, 0) is 0 Å². The normalized spacial score (nSPS) is 18.7. The van der Waals surface area contributed by atoms with E-state index in [1.165, 1.54) is 14.2 Å². The first-order chi connectivity index (χ1) is 12.5. The summed E-state index contributed by atoms with van der Waals surface area (Å²) in [7, 11) is 4.66. The van der Waals surface area contributed by atoms with E-state index < -0.39 is 0 Å². The Kier molecular flexibility index (Phi) is 6.79. The smallest absolute Gasteiger partial charge is 0.151 e. The topological polar surface area (TPSA) is 93.6 Å². The van der Waals surface area contributed by atoms with E-state index in [1.807, 2.05) is 0 Å². The van der Waals surface area contributed by atoms with Crippen molar-refractivity contribution in [3.8, 4) is 11.5 Å². The molecule has 0 atom stereocenters. The lowest BCUT2D eigenvalue weighted by atomic mass is 10.00. The highest BCUT2D eigenvalue weighted by Gasteiger charge is 2.26. The second-order valence-corrected chi connectivity index (χ2v) is 5.75. The van der Waals surface area contributed by atoms with Gasteiger partial charge in [0.15, 0.2) is 5.84 Å². The third-order valence-electron chi connectivity index (χ3n) is 3.60. The van der Waals surface area contributed by atoms with Gasteiger partial charge in [0.25, 0.3) is 0 Å². The molecule has 0 fully saturated rings. The molecule has 2 rings (SSSR count). The molecular formula is C17H19Cl2N5O2. The number of hydrogen-bond donors (Lipinski definition) is 2. The van der Waals surface area contributed by atoms with Gasteiger partial charge in [0.05, 0.1) is 36.6 Å². The van der Waals surface area contributed by atoms with Crippen LogP contribution in [0.15, 0.2) is 38.9 Å². The zero-order valence-electron chi connectivity index (χ0n) is 14.6. The van der Waals surface area contributed by atoms with E-state index in [9.17, 15) is 0 Å². The van der Waals surface area contributed by atoms with Crippen LogP contribution in [0.5, 0.6) is 11.5 Å². The van der Waals surface area contributed by atoms with Crippen molar-refractivity contribution in [1.29, 1.82) is 0 Å². The zero-order valence-corrected chi connectivity index (χ0v) is 16.1. The molecule has 1 aliphatic rings. The second kappa shape index (κ2) is 8.84. The molecule has 26 heavy (non-hydrogen) atoms. The fraction of sp³-hybridized carbons (Fsp3) is 0.235. The monoisotopic (exact) mass is 395 g/mol. The summed E-state index contributed by atoms with van der Waals surface area (Å²) in [5, 5.41) is 3.83. The molecule has 3 N–H and O–H groups in total. The first kappa shape index (κ1) is 20.0. The number of aliphatic imine (C=N–C) groups is 3. The summed E-state index contributed by atoms with van der Waals surface area (Å²) in [5.41, 5.74) is 7.88. The number of benzene rings is 1. The summed E-state index contributed by atoms with van der Waals surface area (Å²) in [6, 6.07) is 1.62. The summed E-state index contributed by atoms with van der Waals surface area (Å²) in [5.74, 6) is 1.35. The van der Waals surface area contributed by atoms with Crippen LogP contribution in [-0.4, -0.2) is 46.2 Å². The minimum atomic E-state index is 0.0994. The van der Waals surface area contributed by atoms with Crippen molar-refractivity contribution in [3.63, 3.8) is 0 Å². The number of halogens is 2. The van der Waals surface area contributed by atoms with Gasteiger partial charge in [-0.1, -0.05) is 23.2 Å². The Bertz CT molecular complexity index is 816. The van der Waals surface area contributed by atoms with Crippen molar-refractivity contribution in [1.82, 2.24) is 5.32 Å². The number of rotatable bonds is 5. The molecule has 7 nitrogen and oxygen atoms in total. The summed E-state index contributed by atoms with van der Waals surface area (Å²) in [6.07, 6.45) is 3.34. The van der Waals surface area contributed by atoms with E-state index in [0.29, 0.717) is 49.9 Å². The zero-order chi connectivity index (χ0) is 19.3. The van der Waals surface area contributed by atoms with Crippen molar-refractivity contribution in [2.75, 3.05) is 27.9 Å². The average Bonchev–Trinajstić information content (AvgIpc) is 2.64. The molecule has 0 spiro atoms. The van der Waals surface area contributed by atoms with Gasteiger partial charge in [0.1, 0.15) is 17.2 Å². The van der Waals surface area contributed by atoms with Crippen molar-refractivity contribution >= 4 is 47.2 Å². The molecule has 0 saturated carbocycles. The van der Waals surface area contributed by atoms with E-state index in [4.69, 9.17) is 38.4 Å². The Balaban J connectivity index is 2.76. The van der Waals surface area contributed by atoms with Gasteiger partial charge >= 0.3 is 0 Å². The molecule has 1 aliphatic heterocycles. The molecule has 0 amide bonds. The summed E-state index contributed by atoms with van der Waals surface area (Å²) >= 11 is 13.0. The van der Waals surface area contributed by atoms with E-state index in [1.54, 1.807) is 25.4 Å². The Morgan fingerprint density at radius 2 is 1.85 bits per heavy atom. The van der Waals surface area contributed by atoms with Gasteiger partial charge in [-0.25, -0.2) is 0 Å². The predicted octanol–water partition coefficient (Wildman–Crippen LogP) is 2.92. The van der Waals surface area contributed by atoms with Crippen LogP contribution < -0.4 is 20.5 Å². The molecule has 0 aliphatic carbocycles. The van der Waals surface area contributed by atoms with Gasteiger partial charge in [0, 0.05) is 30.5 Å². The molecule has 0 saturated heterocycles. The highest BCUT2D eigenvalue weighted by Crippen LogP contribution is 2.43. The fourth-order valence-corrected chi connectivity index (χ4v) is 3.16. The van der Waals surface area contributed by atoms with Gasteiger partial charge in [-0.05, 0) is 12.8 Å². The largest absolute Gasteiger partial charge is 0.495 e. The van der Waals surface area contributed by atoms with Gasteiger partial charge in [-0.15, -0.1) is 0 Å². The minimum absolute atomic E-state index is 0.0994. The number of methoxy groups -OCH3 is 2. The minimum Gasteiger partial charge on any atom is -0.495 e. The number of amidine groups is 1. The number of nitrogens with two attached hydrogens (primary N) is 1. The maximum Gasteiger partial charge on any atom is 0.151 e. The van der Waals surface area contributed by atoms with Crippen molar-refractivity contribution in [2.45, 2.75) is 0 Å². The van der Waals surface area contributed by atoms with Gasteiger partial charge < -0.3 is 20.5 Å². The van der Waals surface area contributed by atoms with Crippen molar-refractivity contribution in [2.24, 2.45) is 20.7 Å². The van der Waals surface area contributed by atoms with Crippen LogP contribution in [0.25, 0.3) is 5.70 Å². The lowest BCUT2D eigenvalue weighted by Crippen LogP contribution is -2.35. The Morgan fingerprint density at radius 3 is 2.31 bits per heavy atom. The third-order valence-corrected chi connectivity index (χ3v) is 4.35. The van der Waals surface area contributed by atoms with E-state index in [0.717, 1.165) is 0 Å². The van der Waals surface area contributed by atoms with Crippen LogP contribution in [0, 0.1) is 0 Å². The lowest BCUT2D eigenvalue weighted by Gasteiger charge is -2.24. The number of ether oxygens (including phenoxy) is 2. The molecule has 138 valence electrons. The van der Waals surface area contributed by atoms with Gasteiger partial charge in [-0.3, -0.25) is 15.0 Å². The molecule has 1 aromatic rings. The Hall–Kier alpha value is -2.35. The molecule has 1 aromatic carbocycles. The SMILES string of the molecule is C=N/C=C1/C=C(c2c(Cl)c(OC)cc(OC)c2Cl)NC(=NC)C1=NCN. The van der Waals surface area contributed by atoms with Crippen molar-refractivity contribution < 1.29 is 9.47 Å². The number of nitrogens with one attached hydrogen (secondary N) is 1. The summed E-state index contributed by atoms with van der Waals surface area (Å²) in [6.45, 7) is 3.59. The summed E-state index contributed by atoms with van der Waals surface area (Å²) < 4.78 is 10.6. The first-order valence-corrected chi connectivity index (χ1v) is 8.25. The van der Waals surface area contributed by atoms with Crippen LogP contribution >= 0.6 is 23.2 Å². The number of allylic oxidation sites excluding steroid dienone is 1. The second-order valence-electron chi connectivity index (χ2n) is 5.00. The first-order valence-electron chi connectivity index (χ1n) is 7.49. The molecule has 0 bridgehead atoms. The highest BCUT2D eigenvalue weighted by molar-refractivity contribution is 6.51. The van der Waals surface area contributed by atoms with Crippen LogP contribution in [0.3, 0.4) is 0 Å². The van der Waals surface area contributed by atoms with Gasteiger partial charge in [0.2, 0.25) is 0 Å². The van der Waals surface area contributed by atoms with Crippen molar-refractivity contribution in [3.05, 3.63) is 39.5 Å². The van der Waals surface area contributed by atoms with Crippen LogP contribution in [0.2, 0.25) is 10.0 Å². The molecule has 0 radical (unpaired) electrons. The molecular weight excluding hydrogens is 377 g/mol. The highest BCUT2D eigenvalue weighted by atomic mass is 35.5. The fourth-order valence-electron chi connectivity index (χ4n) is 2.46. The van der Waals surface area contributed by atoms with E-state index >= 15 is 0 Å². The summed E-state index contributed by atoms with van der Waals surface area (Å²) in [4.78, 5) is 12.3. The van der Waals surface area contributed by atoms with Gasteiger partial charge in [-0.2, -0.15) is 0 Å². The number of hydrogen-bond acceptors (Lipinski definition) is 6. The molecule has 0 aromatic heterocycles. The lowest BCUT2D eigenvalue weighted by molar-refractivity contribution is 0.394. The molecule has 9 heteroatoms. The van der Waals surface area contributed by atoms with Crippen LogP contribution in [0.4, 0.5) is 0 Å². The van der Waals surface area contributed by atoms with E-state index in [-0.39, 0.29) is 6.67 Å². The third kappa shape index (κ3) is 3.75. The Labute approximate surface area is 161 Å². The molecule has 0 unspecified atom stereocenters.